The van der Waals surface area contributed by atoms with Crippen LogP contribution in [0.15, 0.2) is 24.3 Å². The number of hydrogen-bond acceptors (Lipinski definition) is 1. The SMILES string of the molecule is Cc1ccc([N+](C)(C)O)cc1. The quantitative estimate of drug-likeness (QED) is 0.481. The van der Waals surface area contributed by atoms with Crippen molar-refractivity contribution in [3.63, 3.8) is 0 Å². The zero-order valence-corrected chi connectivity index (χ0v) is 7.20. The number of benzene rings is 1. The summed E-state index contributed by atoms with van der Waals surface area (Å²) in [7, 11) is 3.45. The Labute approximate surface area is 67.2 Å². The maximum Gasteiger partial charge on any atom is 0.164 e. The molecular weight excluding hydrogens is 138 g/mol. The van der Waals surface area contributed by atoms with Gasteiger partial charge in [0.05, 0.1) is 0 Å². The first kappa shape index (κ1) is 8.24. The van der Waals surface area contributed by atoms with E-state index in [-0.39, 0.29) is 4.65 Å². The predicted octanol–water partition coefficient (Wildman–Crippen LogP) is 1.95. The maximum absolute atomic E-state index is 9.52. The van der Waals surface area contributed by atoms with Gasteiger partial charge in [0.25, 0.3) is 0 Å². The van der Waals surface area contributed by atoms with Crippen LogP contribution in [0.1, 0.15) is 5.56 Å². The first-order valence-corrected chi connectivity index (χ1v) is 3.64. The highest BCUT2D eigenvalue weighted by Gasteiger charge is 2.13. The maximum atomic E-state index is 9.52. The van der Waals surface area contributed by atoms with E-state index in [1.165, 1.54) is 5.56 Å². The molecule has 0 heterocycles. The van der Waals surface area contributed by atoms with Gasteiger partial charge in [0.15, 0.2) is 5.69 Å². The largest absolute Gasteiger partial charge is 0.212 e. The zero-order chi connectivity index (χ0) is 8.48. The van der Waals surface area contributed by atoms with Gasteiger partial charge in [-0.3, -0.25) is 0 Å². The molecule has 11 heavy (non-hydrogen) atoms. The van der Waals surface area contributed by atoms with Crippen LogP contribution in [0.25, 0.3) is 0 Å². The summed E-state index contributed by atoms with van der Waals surface area (Å²) in [6.45, 7) is 2.03. The van der Waals surface area contributed by atoms with Crippen molar-refractivity contribution in [3.8, 4) is 0 Å². The normalized spacial score (nSPS) is 11.6. The Morgan fingerprint density at radius 1 is 1.09 bits per heavy atom. The van der Waals surface area contributed by atoms with E-state index in [1.54, 1.807) is 14.1 Å². The van der Waals surface area contributed by atoms with Crippen LogP contribution in [0.4, 0.5) is 5.69 Å². The molecule has 0 aromatic heterocycles. The van der Waals surface area contributed by atoms with Crippen LogP contribution in [0.3, 0.4) is 0 Å². The van der Waals surface area contributed by atoms with E-state index in [4.69, 9.17) is 0 Å². The van der Waals surface area contributed by atoms with E-state index < -0.39 is 0 Å². The highest BCUT2D eigenvalue weighted by molar-refractivity contribution is 5.40. The molecule has 0 aliphatic carbocycles. The van der Waals surface area contributed by atoms with E-state index in [2.05, 4.69) is 0 Å². The number of aryl methyl sites for hydroxylation is 1. The third kappa shape index (κ3) is 2.03. The van der Waals surface area contributed by atoms with Crippen molar-refractivity contribution in [2.24, 2.45) is 0 Å². The second-order valence-corrected chi connectivity index (χ2v) is 3.23. The molecule has 2 heteroatoms. The van der Waals surface area contributed by atoms with Crippen molar-refractivity contribution < 1.29 is 5.21 Å². The molecule has 0 bridgehead atoms. The standard InChI is InChI=1S/C9H14NO/c1-8-4-6-9(7-5-8)10(2,3)11/h4-7,11H,1-3H3/q+1. The summed E-state index contributed by atoms with van der Waals surface area (Å²) >= 11 is 0. The lowest BCUT2D eigenvalue weighted by atomic mass is 10.2. The third-order valence-electron chi connectivity index (χ3n) is 1.67. The van der Waals surface area contributed by atoms with Crippen LogP contribution in [-0.4, -0.2) is 19.3 Å². The summed E-state index contributed by atoms with van der Waals surface area (Å²) in [6, 6.07) is 7.84. The molecular formula is C9H14NO+. The van der Waals surface area contributed by atoms with Crippen LogP contribution in [0, 0.1) is 6.92 Å². The summed E-state index contributed by atoms with van der Waals surface area (Å²) in [5.74, 6) is 0. The van der Waals surface area contributed by atoms with Gasteiger partial charge < -0.3 is 0 Å². The Morgan fingerprint density at radius 2 is 1.55 bits per heavy atom. The van der Waals surface area contributed by atoms with Gasteiger partial charge in [0.1, 0.15) is 14.1 Å². The van der Waals surface area contributed by atoms with Crippen molar-refractivity contribution in [1.82, 2.24) is 4.65 Å². The molecule has 1 N–H and O–H groups in total. The summed E-state index contributed by atoms with van der Waals surface area (Å²) in [4.78, 5) is 0. The lowest BCUT2D eigenvalue weighted by Crippen LogP contribution is -2.35. The number of hydrogen-bond donors (Lipinski definition) is 1. The van der Waals surface area contributed by atoms with E-state index in [1.807, 2.05) is 31.2 Å². The fourth-order valence-electron chi connectivity index (χ4n) is 0.910. The van der Waals surface area contributed by atoms with Crippen LogP contribution >= 0.6 is 0 Å². The van der Waals surface area contributed by atoms with Gasteiger partial charge in [0.2, 0.25) is 0 Å². The minimum atomic E-state index is -0.111. The highest BCUT2D eigenvalue weighted by atomic mass is 16.5. The van der Waals surface area contributed by atoms with E-state index in [9.17, 15) is 5.21 Å². The molecule has 0 atom stereocenters. The molecule has 0 radical (unpaired) electrons. The van der Waals surface area contributed by atoms with Gasteiger partial charge in [-0.2, -0.15) is 4.65 Å². The van der Waals surface area contributed by atoms with Crippen molar-refractivity contribution in [2.45, 2.75) is 6.92 Å². The first-order valence-electron chi connectivity index (χ1n) is 3.64. The molecule has 1 aromatic rings. The summed E-state index contributed by atoms with van der Waals surface area (Å²) < 4.78 is -0.111. The van der Waals surface area contributed by atoms with Crippen LogP contribution in [-0.2, 0) is 0 Å². The smallest absolute Gasteiger partial charge is 0.164 e. The molecule has 2 nitrogen and oxygen atoms in total. The first-order chi connectivity index (χ1) is 5.00. The Morgan fingerprint density at radius 3 is 1.91 bits per heavy atom. The van der Waals surface area contributed by atoms with E-state index in [0.717, 1.165) is 5.69 Å². The van der Waals surface area contributed by atoms with Gasteiger partial charge in [-0.25, -0.2) is 5.21 Å². The second kappa shape index (κ2) is 2.64. The zero-order valence-electron chi connectivity index (χ0n) is 7.20. The van der Waals surface area contributed by atoms with Gasteiger partial charge >= 0.3 is 0 Å². The average molecular weight is 152 g/mol. The van der Waals surface area contributed by atoms with Crippen LogP contribution < -0.4 is 4.65 Å². The number of hydroxylamine groups is 2. The molecule has 1 aromatic carbocycles. The van der Waals surface area contributed by atoms with Gasteiger partial charge in [-0.05, 0) is 6.92 Å². The van der Waals surface area contributed by atoms with E-state index in [0.29, 0.717) is 0 Å². The molecule has 0 saturated carbocycles. The number of rotatable bonds is 1. The number of quaternary nitrogens is 1. The molecule has 0 amide bonds. The molecule has 0 aliphatic rings. The molecule has 0 saturated heterocycles. The second-order valence-electron chi connectivity index (χ2n) is 3.23. The van der Waals surface area contributed by atoms with Gasteiger partial charge in [-0.15, -0.1) is 0 Å². The predicted molar refractivity (Wildman–Crippen MR) is 46.6 cm³/mol. The summed E-state index contributed by atoms with van der Waals surface area (Å²) in [6.07, 6.45) is 0. The minimum Gasteiger partial charge on any atom is -0.212 e. The lowest BCUT2D eigenvalue weighted by Gasteiger charge is -2.18. The Balaban J connectivity index is 2.99. The third-order valence-corrected chi connectivity index (χ3v) is 1.67. The molecule has 0 aliphatic heterocycles. The Kier molecular flexibility index (Phi) is 1.98. The van der Waals surface area contributed by atoms with Gasteiger partial charge in [0, 0.05) is 12.1 Å². The summed E-state index contributed by atoms with van der Waals surface area (Å²) in [5, 5.41) is 9.52. The topological polar surface area (TPSA) is 20.2 Å². The lowest BCUT2D eigenvalue weighted by molar-refractivity contribution is -0.0282. The number of nitrogens with zero attached hydrogens (tertiary/aromatic N) is 1. The highest BCUT2D eigenvalue weighted by Crippen LogP contribution is 2.15. The minimum absolute atomic E-state index is 0.111. The van der Waals surface area contributed by atoms with Crippen molar-refractivity contribution in [2.75, 3.05) is 14.1 Å². The fraction of sp³-hybridized carbons (Fsp3) is 0.333. The van der Waals surface area contributed by atoms with E-state index >= 15 is 0 Å². The Hall–Kier alpha value is -0.860. The van der Waals surface area contributed by atoms with Crippen LogP contribution in [0.2, 0.25) is 0 Å². The molecule has 60 valence electrons. The van der Waals surface area contributed by atoms with Gasteiger partial charge in [-0.1, -0.05) is 17.7 Å². The molecule has 0 spiro atoms. The van der Waals surface area contributed by atoms with Crippen molar-refractivity contribution >= 4 is 5.69 Å². The Bertz CT molecular complexity index is 233. The fourth-order valence-corrected chi connectivity index (χ4v) is 0.910. The molecule has 1 rings (SSSR count). The summed E-state index contributed by atoms with van der Waals surface area (Å²) in [5.41, 5.74) is 2.11. The molecule has 0 fully saturated rings. The molecule has 0 unspecified atom stereocenters. The van der Waals surface area contributed by atoms with Crippen LogP contribution in [0.5, 0.6) is 0 Å². The monoisotopic (exact) mass is 152 g/mol. The average Bonchev–Trinajstić information content (AvgIpc) is 1.86. The van der Waals surface area contributed by atoms with Crippen molar-refractivity contribution in [1.29, 1.82) is 0 Å². The van der Waals surface area contributed by atoms with Crippen molar-refractivity contribution in [3.05, 3.63) is 29.8 Å².